The van der Waals surface area contributed by atoms with Crippen molar-refractivity contribution in [2.24, 2.45) is 5.73 Å². The molecule has 0 aromatic heterocycles. The Balaban J connectivity index is 2.45. The Labute approximate surface area is 83.7 Å². The number of rotatable bonds is 0. The molecule has 0 saturated heterocycles. The fourth-order valence-electron chi connectivity index (χ4n) is 1.43. The maximum absolute atomic E-state index is 5.77. The summed E-state index contributed by atoms with van der Waals surface area (Å²) < 4.78 is 5.65. The van der Waals surface area contributed by atoms with Crippen molar-refractivity contribution in [1.82, 2.24) is 0 Å². The van der Waals surface area contributed by atoms with Crippen LogP contribution in [0.1, 0.15) is 12.5 Å². The third-order valence-corrected chi connectivity index (χ3v) is 2.28. The molecule has 2 N–H and O–H groups in total. The van der Waals surface area contributed by atoms with Gasteiger partial charge >= 0.3 is 0 Å². The van der Waals surface area contributed by atoms with E-state index >= 15 is 0 Å². The van der Waals surface area contributed by atoms with Gasteiger partial charge in [0, 0.05) is 0 Å². The molecule has 2 rings (SSSR count). The molecule has 0 saturated carbocycles. The van der Waals surface area contributed by atoms with Crippen molar-refractivity contribution < 1.29 is 4.74 Å². The molecule has 1 aromatic carbocycles. The van der Waals surface area contributed by atoms with E-state index in [1.54, 1.807) is 0 Å². The van der Waals surface area contributed by atoms with Crippen molar-refractivity contribution in [2.75, 3.05) is 0 Å². The SMILES string of the molecule is CC1=C(N)/C=C\Cc2ccccc2O1. The monoisotopic (exact) mass is 187 g/mol. The van der Waals surface area contributed by atoms with Crippen molar-refractivity contribution in [3.63, 3.8) is 0 Å². The van der Waals surface area contributed by atoms with Crippen LogP contribution in [0.2, 0.25) is 0 Å². The molecule has 0 amide bonds. The van der Waals surface area contributed by atoms with Crippen molar-refractivity contribution in [3.8, 4) is 5.75 Å². The van der Waals surface area contributed by atoms with Crippen LogP contribution in [-0.2, 0) is 6.42 Å². The topological polar surface area (TPSA) is 35.2 Å². The van der Waals surface area contributed by atoms with Crippen LogP contribution < -0.4 is 10.5 Å². The van der Waals surface area contributed by atoms with Crippen molar-refractivity contribution in [2.45, 2.75) is 13.3 Å². The number of hydrogen-bond donors (Lipinski definition) is 1. The van der Waals surface area contributed by atoms with Crippen molar-refractivity contribution in [3.05, 3.63) is 53.4 Å². The summed E-state index contributed by atoms with van der Waals surface area (Å²) in [4.78, 5) is 0. The first kappa shape index (κ1) is 8.88. The van der Waals surface area contributed by atoms with Gasteiger partial charge in [0.05, 0.1) is 5.70 Å². The first-order valence-corrected chi connectivity index (χ1v) is 4.66. The molecular weight excluding hydrogens is 174 g/mol. The van der Waals surface area contributed by atoms with Gasteiger partial charge in [0.2, 0.25) is 0 Å². The third-order valence-electron chi connectivity index (χ3n) is 2.28. The molecule has 1 heterocycles. The second-order valence-corrected chi connectivity index (χ2v) is 3.33. The largest absolute Gasteiger partial charge is 0.460 e. The van der Waals surface area contributed by atoms with Gasteiger partial charge in [-0.3, -0.25) is 0 Å². The van der Waals surface area contributed by atoms with Crippen LogP contribution in [0.15, 0.2) is 47.9 Å². The van der Waals surface area contributed by atoms with E-state index in [0.717, 1.165) is 17.9 Å². The van der Waals surface area contributed by atoms with Gasteiger partial charge in [-0.05, 0) is 31.1 Å². The molecule has 0 fully saturated rings. The quantitative estimate of drug-likeness (QED) is 0.676. The molecular formula is C12H13NO. The van der Waals surface area contributed by atoms with Crippen LogP contribution in [0.5, 0.6) is 5.75 Å². The number of hydrogen-bond acceptors (Lipinski definition) is 2. The Morgan fingerprint density at radius 1 is 1.29 bits per heavy atom. The molecule has 1 aliphatic rings. The van der Waals surface area contributed by atoms with E-state index in [1.165, 1.54) is 5.56 Å². The number of nitrogens with two attached hydrogens (primary N) is 1. The second kappa shape index (κ2) is 3.58. The smallest absolute Gasteiger partial charge is 0.130 e. The van der Waals surface area contributed by atoms with E-state index in [9.17, 15) is 0 Å². The fraction of sp³-hybridized carbons (Fsp3) is 0.167. The van der Waals surface area contributed by atoms with Gasteiger partial charge < -0.3 is 10.5 Å². The number of allylic oxidation sites excluding steroid dienone is 3. The fourth-order valence-corrected chi connectivity index (χ4v) is 1.43. The van der Waals surface area contributed by atoms with E-state index in [0.29, 0.717) is 5.70 Å². The third kappa shape index (κ3) is 1.64. The second-order valence-electron chi connectivity index (χ2n) is 3.33. The Bertz CT molecular complexity index is 405. The van der Waals surface area contributed by atoms with E-state index in [-0.39, 0.29) is 0 Å². The summed E-state index contributed by atoms with van der Waals surface area (Å²) in [6.45, 7) is 1.88. The molecule has 14 heavy (non-hydrogen) atoms. The van der Waals surface area contributed by atoms with E-state index in [1.807, 2.05) is 31.2 Å². The highest BCUT2D eigenvalue weighted by Crippen LogP contribution is 2.23. The molecule has 2 heteroatoms. The summed E-state index contributed by atoms with van der Waals surface area (Å²) in [6, 6.07) is 8.01. The standard InChI is InChI=1S/C12H13NO/c1-9-11(13)7-4-6-10-5-2-3-8-12(10)14-9/h2-5,7-8H,6,13H2,1H3/b7-4-,11-9?. The average Bonchev–Trinajstić information content (AvgIpc) is 2.18. The molecule has 0 aliphatic carbocycles. The molecule has 0 radical (unpaired) electrons. The zero-order valence-corrected chi connectivity index (χ0v) is 8.16. The van der Waals surface area contributed by atoms with Gasteiger partial charge in [0.15, 0.2) is 0 Å². The zero-order valence-electron chi connectivity index (χ0n) is 8.16. The maximum atomic E-state index is 5.77. The van der Waals surface area contributed by atoms with Crippen LogP contribution in [-0.4, -0.2) is 0 Å². The Morgan fingerprint density at radius 3 is 2.93 bits per heavy atom. The average molecular weight is 187 g/mol. The highest BCUT2D eigenvalue weighted by Gasteiger charge is 2.06. The van der Waals surface area contributed by atoms with Crippen molar-refractivity contribution >= 4 is 0 Å². The number of benzene rings is 1. The molecule has 0 unspecified atom stereocenters. The van der Waals surface area contributed by atoms with Gasteiger partial charge in [-0.1, -0.05) is 24.3 Å². The first-order valence-electron chi connectivity index (χ1n) is 4.66. The highest BCUT2D eigenvalue weighted by atomic mass is 16.5. The summed E-state index contributed by atoms with van der Waals surface area (Å²) in [5.74, 6) is 1.66. The number of fused-ring (bicyclic) bond motifs is 1. The van der Waals surface area contributed by atoms with Crippen molar-refractivity contribution in [1.29, 1.82) is 0 Å². The lowest BCUT2D eigenvalue weighted by Crippen LogP contribution is -2.06. The van der Waals surface area contributed by atoms with Crippen LogP contribution in [0, 0.1) is 0 Å². The molecule has 72 valence electrons. The normalized spacial score (nSPS) is 17.8. The minimum absolute atomic E-state index is 0.694. The number of ether oxygens (including phenoxy) is 1. The minimum Gasteiger partial charge on any atom is -0.460 e. The summed E-state index contributed by atoms with van der Waals surface area (Å²) >= 11 is 0. The molecule has 0 atom stereocenters. The molecule has 1 aromatic rings. The Kier molecular flexibility index (Phi) is 2.27. The van der Waals surface area contributed by atoms with Crippen LogP contribution >= 0.6 is 0 Å². The van der Waals surface area contributed by atoms with Gasteiger partial charge in [-0.15, -0.1) is 0 Å². The van der Waals surface area contributed by atoms with E-state index < -0.39 is 0 Å². The van der Waals surface area contributed by atoms with Gasteiger partial charge in [0.25, 0.3) is 0 Å². The van der Waals surface area contributed by atoms with Gasteiger partial charge in [-0.2, -0.15) is 0 Å². The van der Waals surface area contributed by atoms with E-state index in [2.05, 4.69) is 12.1 Å². The molecule has 0 spiro atoms. The molecule has 2 nitrogen and oxygen atoms in total. The van der Waals surface area contributed by atoms with Crippen LogP contribution in [0.4, 0.5) is 0 Å². The zero-order chi connectivity index (χ0) is 9.97. The van der Waals surface area contributed by atoms with Crippen LogP contribution in [0.25, 0.3) is 0 Å². The lowest BCUT2D eigenvalue weighted by Gasteiger charge is -2.13. The summed E-state index contributed by atoms with van der Waals surface area (Å²) in [6.07, 6.45) is 4.82. The predicted octanol–water partition coefficient (Wildman–Crippen LogP) is 2.37. The lowest BCUT2D eigenvalue weighted by atomic mass is 10.1. The molecule has 0 bridgehead atoms. The molecule has 1 aliphatic heterocycles. The summed E-state index contributed by atoms with van der Waals surface area (Å²) in [5.41, 5.74) is 7.66. The lowest BCUT2D eigenvalue weighted by molar-refractivity contribution is 0.417. The first-order chi connectivity index (χ1) is 6.77. The Morgan fingerprint density at radius 2 is 2.07 bits per heavy atom. The van der Waals surface area contributed by atoms with Crippen LogP contribution in [0.3, 0.4) is 0 Å². The minimum atomic E-state index is 0.694. The maximum Gasteiger partial charge on any atom is 0.130 e. The summed E-state index contributed by atoms with van der Waals surface area (Å²) in [7, 11) is 0. The Hall–Kier alpha value is -1.70. The van der Waals surface area contributed by atoms with Gasteiger partial charge in [-0.25, -0.2) is 0 Å². The highest BCUT2D eigenvalue weighted by molar-refractivity contribution is 5.38. The van der Waals surface area contributed by atoms with Gasteiger partial charge in [0.1, 0.15) is 11.5 Å². The summed E-state index contributed by atoms with van der Waals surface area (Å²) in [5, 5.41) is 0. The van der Waals surface area contributed by atoms with E-state index in [4.69, 9.17) is 10.5 Å². The number of para-hydroxylation sites is 1. The predicted molar refractivity (Wildman–Crippen MR) is 56.8 cm³/mol.